The van der Waals surface area contributed by atoms with Gasteiger partial charge in [-0.2, -0.15) is 0 Å². The summed E-state index contributed by atoms with van der Waals surface area (Å²) in [4.78, 5) is 10.6. The van der Waals surface area contributed by atoms with E-state index in [9.17, 15) is 14.3 Å². The molecule has 0 aliphatic rings. The Morgan fingerprint density at radius 2 is 2.25 bits per heavy atom. The summed E-state index contributed by atoms with van der Waals surface area (Å²) < 4.78 is 13.3. The number of carboxylic acids is 1. The zero-order valence-electron chi connectivity index (χ0n) is 8.50. The number of carboxylic acid groups (broad SMARTS) is 1. The monoisotopic (exact) mass is 247 g/mol. The Morgan fingerprint density at radius 3 is 2.75 bits per heavy atom. The molecule has 0 aliphatic heterocycles. The van der Waals surface area contributed by atoms with Crippen molar-refractivity contribution in [2.75, 3.05) is 11.9 Å². The molecule has 0 bridgehead atoms. The minimum Gasteiger partial charge on any atom is -0.479 e. The van der Waals surface area contributed by atoms with Gasteiger partial charge in [0, 0.05) is 0 Å². The maximum Gasteiger partial charge on any atom is 0.337 e. The van der Waals surface area contributed by atoms with Crippen LogP contribution in [-0.4, -0.2) is 28.3 Å². The molecule has 88 valence electrons. The van der Waals surface area contributed by atoms with Crippen molar-refractivity contribution in [1.29, 1.82) is 0 Å². The number of aliphatic carboxylic acids is 1. The molecule has 0 saturated carbocycles. The van der Waals surface area contributed by atoms with Crippen LogP contribution in [-0.2, 0) is 4.79 Å². The molecule has 1 aromatic carbocycles. The molecule has 0 heterocycles. The fourth-order valence-corrected chi connectivity index (χ4v) is 1.23. The summed E-state index contributed by atoms with van der Waals surface area (Å²) in [6.07, 6.45) is 0. The maximum atomic E-state index is 13.3. The number of hydrogen-bond donors (Lipinski definition) is 3. The molecule has 1 aromatic rings. The van der Waals surface area contributed by atoms with E-state index in [2.05, 4.69) is 5.32 Å². The van der Waals surface area contributed by atoms with Gasteiger partial charge in [-0.15, -0.1) is 0 Å². The Morgan fingerprint density at radius 1 is 1.62 bits per heavy atom. The molecular weight excluding hydrogens is 237 g/mol. The number of nitrogens with one attached hydrogen (secondary N) is 1. The third kappa shape index (κ3) is 2.84. The molecule has 0 aromatic heterocycles. The second-order valence-electron chi connectivity index (χ2n) is 3.53. The average Bonchev–Trinajstić information content (AvgIpc) is 2.16. The molecule has 0 radical (unpaired) electrons. The zero-order valence-corrected chi connectivity index (χ0v) is 9.25. The van der Waals surface area contributed by atoms with Crippen LogP contribution in [0, 0.1) is 5.82 Å². The summed E-state index contributed by atoms with van der Waals surface area (Å²) in [6, 6.07) is 4.07. The van der Waals surface area contributed by atoms with Crippen LogP contribution in [0.3, 0.4) is 0 Å². The van der Waals surface area contributed by atoms with Crippen molar-refractivity contribution in [1.82, 2.24) is 0 Å². The number of carbonyl (C=O) groups is 1. The van der Waals surface area contributed by atoms with Crippen LogP contribution in [0.4, 0.5) is 10.1 Å². The van der Waals surface area contributed by atoms with Gasteiger partial charge < -0.3 is 15.5 Å². The summed E-state index contributed by atoms with van der Waals surface area (Å²) >= 11 is 5.71. The van der Waals surface area contributed by atoms with Gasteiger partial charge >= 0.3 is 5.97 Å². The van der Waals surface area contributed by atoms with Crippen molar-refractivity contribution < 1.29 is 19.4 Å². The molecule has 0 aliphatic carbocycles. The quantitative estimate of drug-likeness (QED) is 0.758. The molecular formula is C10H11ClFNO3. The molecule has 0 spiro atoms. The molecule has 0 fully saturated rings. The number of rotatable bonds is 4. The summed E-state index contributed by atoms with van der Waals surface area (Å²) in [5, 5.41) is 20.6. The van der Waals surface area contributed by atoms with Crippen molar-refractivity contribution >= 4 is 23.3 Å². The highest BCUT2D eigenvalue weighted by atomic mass is 35.5. The van der Waals surface area contributed by atoms with E-state index in [0.717, 1.165) is 6.92 Å². The standard InChI is InChI=1S/C10H11ClFNO3/c1-10(16,9(14)15)5-13-8-6(11)3-2-4-7(8)12/h2-4,13,16H,5H2,1H3,(H,14,15). The predicted molar refractivity (Wildman–Crippen MR) is 58.2 cm³/mol. The van der Waals surface area contributed by atoms with Gasteiger partial charge in [0.25, 0.3) is 0 Å². The maximum absolute atomic E-state index is 13.3. The smallest absolute Gasteiger partial charge is 0.337 e. The second kappa shape index (κ2) is 4.67. The molecule has 0 saturated heterocycles. The van der Waals surface area contributed by atoms with Gasteiger partial charge in [-0.05, 0) is 19.1 Å². The number of anilines is 1. The van der Waals surface area contributed by atoms with Crippen LogP contribution in [0.15, 0.2) is 18.2 Å². The topological polar surface area (TPSA) is 69.6 Å². The van der Waals surface area contributed by atoms with E-state index in [4.69, 9.17) is 16.7 Å². The minimum absolute atomic E-state index is 0.0225. The highest BCUT2D eigenvalue weighted by Gasteiger charge is 2.30. The first kappa shape index (κ1) is 12.7. The van der Waals surface area contributed by atoms with E-state index in [1.54, 1.807) is 0 Å². The zero-order chi connectivity index (χ0) is 12.3. The first-order valence-electron chi connectivity index (χ1n) is 4.48. The molecule has 1 atom stereocenters. The Labute approximate surface area is 96.7 Å². The molecule has 4 nitrogen and oxygen atoms in total. The number of benzene rings is 1. The van der Waals surface area contributed by atoms with E-state index in [0.29, 0.717) is 0 Å². The van der Waals surface area contributed by atoms with E-state index < -0.39 is 17.4 Å². The van der Waals surface area contributed by atoms with Crippen LogP contribution < -0.4 is 5.32 Å². The van der Waals surface area contributed by atoms with Crippen LogP contribution in [0.25, 0.3) is 0 Å². The van der Waals surface area contributed by atoms with Crippen molar-refractivity contribution in [2.24, 2.45) is 0 Å². The molecule has 1 unspecified atom stereocenters. The number of para-hydroxylation sites is 1. The van der Waals surface area contributed by atoms with Gasteiger partial charge in [0.1, 0.15) is 5.82 Å². The van der Waals surface area contributed by atoms with Gasteiger partial charge in [-0.3, -0.25) is 0 Å². The third-order valence-electron chi connectivity index (χ3n) is 2.03. The van der Waals surface area contributed by atoms with Crippen molar-refractivity contribution in [2.45, 2.75) is 12.5 Å². The highest BCUT2D eigenvalue weighted by molar-refractivity contribution is 6.33. The first-order valence-corrected chi connectivity index (χ1v) is 4.86. The molecule has 6 heteroatoms. The van der Waals surface area contributed by atoms with Crippen LogP contribution in [0.1, 0.15) is 6.92 Å². The minimum atomic E-state index is -1.98. The number of halogens is 2. The fourth-order valence-electron chi connectivity index (χ4n) is 1.00. The van der Waals surface area contributed by atoms with Gasteiger partial charge in [-0.1, -0.05) is 17.7 Å². The van der Waals surface area contributed by atoms with Crippen molar-refractivity contribution in [3.05, 3.63) is 29.0 Å². The molecule has 16 heavy (non-hydrogen) atoms. The molecule has 0 amide bonds. The van der Waals surface area contributed by atoms with Crippen LogP contribution in [0.5, 0.6) is 0 Å². The Balaban J connectivity index is 2.79. The summed E-state index contributed by atoms with van der Waals surface area (Å²) in [7, 11) is 0. The number of hydrogen-bond acceptors (Lipinski definition) is 3. The Hall–Kier alpha value is -1.33. The predicted octanol–water partition coefficient (Wildman–Crippen LogP) is 1.73. The number of aliphatic hydroxyl groups is 1. The highest BCUT2D eigenvalue weighted by Crippen LogP contribution is 2.25. The first-order chi connectivity index (χ1) is 7.34. The van der Waals surface area contributed by atoms with Crippen LogP contribution in [0.2, 0.25) is 5.02 Å². The lowest BCUT2D eigenvalue weighted by Crippen LogP contribution is -2.42. The Bertz CT molecular complexity index is 389. The summed E-state index contributed by atoms with van der Waals surface area (Å²) in [5.41, 5.74) is -2.00. The normalized spacial score (nSPS) is 14.2. The Kier molecular flexibility index (Phi) is 3.72. The van der Waals surface area contributed by atoms with Gasteiger partial charge in [0.15, 0.2) is 5.60 Å². The molecule has 3 N–H and O–H groups in total. The fraction of sp³-hybridized carbons (Fsp3) is 0.300. The molecule has 1 rings (SSSR count). The lowest BCUT2D eigenvalue weighted by Gasteiger charge is -2.19. The third-order valence-corrected chi connectivity index (χ3v) is 2.35. The van der Waals surface area contributed by atoms with Crippen molar-refractivity contribution in [3.8, 4) is 0 Å². The van der Waals surface area contributed by atoms with Crippen molar-refractivity contribution in [3.63, 3.8) is 0 Å². The van der Waals surface area contributed by atoms with E-state index >= 15 is 0 Å². The van der Waals surface area contributed by atoms with E-state index in [1.165, 1.54) is 18.2 Å². The SMILES string of the molecule is CC(O)(CNc1c(F)cccc1Cl)C(=O)O. The second-order valence-corrected chi connectivity index (χ2v) is 3.94. The largest absolute Gasteiger partial charge is 0.479 e. The van der Waals surface area contributed by atoms with Gasteiger partial charge in [0.05, 0.1) is 17.3 Å². The average molecular weight is 248 g/mol. The lowest BCUT2D eigenvalue weighted by atomic mass is 10.1. The lowest BCUT2D eigenvalue weighted by molar-refractivity contribution is -0.155. The van der Waals surface area contributed by atoms with Gasteiger partial charge in [-0.25, -0.2) is 9.18 Å². The van der Waals surface area contributed by atoms with Crippen LogP contribution >= 0.6 is 11.6 Å². The van der Waals surface area contributed by atoms with E-state index in [1.807, 2.05) is 0 Å². The van der Waals surface area contributed by atoms with Gasteiger partial charge in [0.2, 0.25) is 0 Å². The van der Waals surface area contributed by atoms with E-state index in [-0.39, 0.29) is 17.3 Å². The summed E-state index contributed by atoms with van der Waals surface area (Å²) in [5.74, 6) is -2.00. The summed E-state index contributed by atoms with van der Waals surface area (Å²) in [6.45, 7) is 0.764.